The van der Waals surface area contributed by atoms with E-state index in [1.54, 1.807) is 26.0 Å². The van der Waals surface area contributed by atoms with Crippen LogP contribution in [0.25, 0.3) is 0 Å². The standard InChI is InChI=1S/C17H24N2O6S/c1-4-16(20)25-13(3)17(21)18-14-6-5-12(2)15(11-14)26(22,23)19-7-9-24-10-8-19/h5-6,11,13H,4,7-10H2,1-3H3,(H,18,21). The van der Waals surface area contributed by atoms with Crippen LogP contribution in [0.15, 0.2) is 23.1 Å². The highest BCUT2D eigenvalue weighted by atomic mass is 32.2. The summed E-state index contributed by atoms with van der Waals surface area (Å²) in [7, 11) is -3.68. The monoisotopic (exact) mass is 384 g/mol. The minimum absolute atomic E-state index is 0.135. The SMILES string of the molecule is CCC(=O)OC(C)C(=O)Nc1ccc(C)c(S(=O)(=O)N2CCOCC2)c1. The lowest BCUT2D eigenvalue weighted by Crippen LogP contribution is -2.40. The molecule has 1 aromatic rings. The Kier molecular flexibility index (Phi) is 6.74. The van der Waals surface area contributed by atoms with Crippen LogP contribution in [0.1, 0.15) is 25.8 Å². The largest absolute Gasteiger partial charge is 0.453 e. The second-order valence-electron chi connectivity index (χ2n) is 5.97. The summed E-state index contributed by atoms with van der Waals surface area (Å²) in [5.41, 5.74) is 0.909. The zero-order chi connectivity index (χ0) is 19.3. The van der Waals surface area contributed by atoms with Gasteiger partial charge in [0.15, 0.2) is 6.10 Å². The number of hydrogen-bond donors (Lipinski definition) is 1. The average molecular weight is 384 g/mol. The van der Waals surface area contributed by atoms with Crippen molar-refractivity contribution in [2.75, 3.05) is 31.6 Å². The first-order chi connectivity index (χ1) is 12.3. The lowest BCUT2D eigenvalue weighted by Gasteiger charge is -2.27. The van der Waals surface area contributed by atoms with E-state index in [9.17, 15) is 18.0 Å². The Morgan fingerprint density at radius 2 is 1.96 bits per heavy atom. The molecule has 0 aliphatic carbocycles. The molecule has 8 nitrogen and oxygen atoms in total. The van der Waals surface area contributed by atoms with Gasteiger partial charge in [0, 0.05) is 25.2 Å². The average Bonchev–Trinajstić information content (AvgIpc) is 2.63. The van der Waals surface area contributed by atoms with Crippen molar-refractivity contribution in [3.05, 3.63) is 23.8 Å². The van der Waals surface area contributed by atoms with E-state index >= 15 is 0 Å². The third kappa shape index (κ3) is 4.80. The fourth-order valence-corrected chi connectivity index (χ4v) is 4.12. The van der Waals surface area contributed by atoms with Crippen LogP contribution < -0.4 is 5.32 Å². The van der Waals surface area contributed by atoms with Gasteiger partial charge in [0.25, 0.3) is 5.91 Å². The van der Waals surface area contributed by atoms with Gasteiger partial charge in [0.1, 0.15) is 0 Å². The third-order valence-electron chi connectivity index (χ3n) is 4.01. The van der Waals surface area contributed by atoms with Crippen molar-refractivity contribution in [1.82, 2.24) is 4.31 Å². The normalized spacial score (nSPS) is 16.7. The molecule has 1 aromatic carbocycles. The first-order valence-electron chi connectivity index (χ1n) is 8.44. The highest BCUT2D eigenvalue weighted by Crippen LogP contribution is 2.24. The molecule has 1 atom stereocenters. The molecule has 144 valence electrons. The van der Waals surface area contributed by atoms with Crippen molar-refractivity contribution >= 4 is 27.6 Å². The number of ether oxygens (including phenoxy) is 2. The van der Waals surface area contributed by atoms with Gasteiger partial charge < -0.3 is 14.8 Å². The Hall–Kier alpha value is -1.97. The molecule has 9 heteroatoms. The molecule has 1 fully saturated rings. The zero-order valence-electron chi connectivity index (χ0n) is 15.1. The van der Waals surface area contributed by atoms with Gasteiger partial charge in [0.05, 0.1) is 18.1 Å². The maximum Gasteiger partial charge on any atom is 0.306 e. The number of esters is 1. The van der Waals surface area contributed by atoms with Crippen LogP contribution in [0.5, 0.6) is 0 Å². The first kappa shape index (κ1) is 20.3. The van der Waals surface area contributed by atoms with Gasteiger partial charge in [-0.05, 0) is 31.5 Å². The molecule has 1 saturated heterocycles. The molecule has 1 unspecified atom stereocenters. The van der Waals surface area contributed by atoms with Crippen LogP contribution in [-0.2, 0) is 29.1 Å². The maximum atomic E-state index is 12.9. The Morgan fingerprint density at radius 1 is 1.31 bits per heavy atom. The van der Waals surface area contributed by atoms with E-state index in [2.05, 4.69) is 5.32 Å². The number of benzene rings is 1. The van der Waals surface area contributed by atoms with Gasteiger partial charge in [-0.3, -0.25) is 9.59 Å². The van der Waals surface area contributed by atoms with Crippen molar-refractivity contribution in [2.45, 2.75) is 38.2 Å². The molecule has 0 spiro atoms. The van der Waals surface area contributed by atoms with E-state index < -0.39 is 28.0 Å². The summed E-state index contributed by atoms with van der Waals surface area (Å²) >= 11 is 0. The predicted molar refractivity (Wildman–Crippen MR) is 95.2 cm³/mol. The first-order valence-corrected chi connectivity index (χ1v) is 9.88. The van der Waals surface area contributed by atoms with Gasteiger partial charge in [-0.25, -0.2) is 8.42 Å². The van der Waals surface area contributed by atoms with Crippen LogP contribution in [0.2, 0.25) is 0 Å². The molecular weight excluding hydrogens is 360 g/mol. The second-order valence-corrected chi connectivity index (χ2v) is 7.88. The molecule has 0 radical (unpaired) electrons. The van der Waals surface area contributed by atoms with Gasteiger partial charge in [0.2, 0.25) is 10.0 Å². The second kappa shape index (κ2) is 8.61. The number of nitrogens with one attached hydrogen (secondary N) is 1. The predicted octanol–water partition coefficient (Wildman–Crippen LogP) is 1.30. The number of morpholine rings is 1. The van der Waals surface area contributed by atoms with E-state index in [4.69, 9.17) is 9.47 Å². The molecule has 0 saturated carbocycles. The van der Waals surface area contributed by atoms with Crippen molar-refractivity contribution in [1.29, 1.82) is 0 Å². The summed E-state index contributed by atoms with van der Waals surface area (Å²) in [4.78, 5) is 23.6. The van der Waals surface area contributed by atoms with Crippen molar-refractivity contribution in [3.8, 4) is 0 Å². The molecule has 0 bridgehead atoms. The van der Waals surface area contributed by atoms with E-state index in [-0.39, 0.29) is 11.3 Å². The van der Waals surface area contributed by atoms with Crippen molar-refractivity contribution in [2.24, 2.45) is 0 Å². The molecule has 0 aromatic heterocycles. The minimum Gasteiger partial charge on any atom is -0.453 e. The van der Waals surface area contributed by atoms with Crippen molar-refractivity contribution < 1.29 is 27.5 Å². The van der Waals surface area contributed by atoms with E-state index in [0.717, 1.165) is 0 Å². The molecule has 1 amide bonds. The van der Waals surface area contributed by atoms with E-state index in [1.165, 1.54) is 17.3 Å². The van der Waals surface area contributed by atoms with Crippen LogP contribution in [0, 0.1) is 6.92 Å². The van der Waals surface area contributed by atoms with Crippen LogP contribution >= 0.6 is 0 Å². The lowest BCUT2D eigenvalue weighted by molar-refractivity contribution is -0.152. The highest BCUT2D eigenvalue weighted by molar-refractivity contribution is 7.89. The lowest BCUT2D eigenvalue weighted by atomic mass is 10.2. The fraction of sp³-hybridized carbons (Fsp3) is 0.529. The summed E-state index contributed by atoms with van der Waals surface area (Å²) in [6.45, 7) is 6.09. The topological polar surface area (TPSA) is 102 Å². The summed E-state index contributed by atoms with van der Waals surface area (Å²) in [6, 6.07) is 4.66. The smallest absolute Gasteiger partial charge is 0.306 e. The zero-order valence-corrected chi connectivity index (χ0v) is 16.0. The molecular formula is C17H24N2O6S. The number of nitrogens with zero attached hydrogens (tertiary/aromatic N) is 1. The Labute approximate surface area is 153 Å². The Morgan fingerprint density at radius 3 is 2.58 bits per heavy atom. The van der Waals surface area contributed by atoms with E-state index in [1.807, 2.05) is 0 Å². The third-order valence-corrected chi connectivity index (χ3v) is 6.05. The number of sulfonamides is 1. The van der Waals surface area contributed by atoms with Crippen LogP contribution in [-0.4, -0.2) is 57.0 Å². The number of carbonyl (C=O) groups is 2. The summed E-state index contributed by atoms with van der Waals surface area (Å²) in [6.07, 6.45) is -0.799. The quantitative estimate of drug-likeness (QED) is 0.742. The maximum absolute atomic E-state index is 12.9. The molecule has 26 heavy (non-hydrogen) atoms. The Balaban J connectivity index is 2.18. The molecule has 2 rings (SSSR count). The van der Waals surface area contributed by atoms with Crippen molar-refractivity contribution in [3.63, 3.8) is 0 Å². The number of rotatable bonds is 6. The van der Waals surface area contributed by atoms with Gasteiger partial charge >= 0.3 is 5.97 Å². The number of amides is 1. The number of anilines is 1. The van der Waals surface area contributed by atoms with Gasteiger partial charge in [-0.15, -0.1) is 0 Å². The Bertz CT molecular complexity index is 771. The molecule has 1 heterocycles. The van der Waals surface area contributed by atoms with Crippen LogP contribution in [0.4, 0.5) is 5.69 Å². The molecule has 1 aliphatic rings. The minimum atomic E-state index is -3.68. The van der Waals surface area contributed by atoms with E-state index in [0.29, 0.717) is 37.6 Å². The number of hydrogen-bond acceptors (Lipinski definition) is 6. The molecule has 1 aliphatic heterocycles. The summed E-state index contributed by atoms with van der Waals surface area (Å²) in [5, 5.41) is 2.59. The van der Waals surface area contributed by atoms with Gasteiger partial charge in [-0.1, -0.05) is 13.0 Å². The number of aryl methyl sites for hydroxylation is 1. The molecule has 1 N–H and O–H groups in total. The number of carbonyl (C=O) groups excluding carboxylic acids is 2. The summed E-state index contributed by atoms with van der Waals surface area (Å²) in [5.74, 6) is -1.00. The fourth-order valence-electron chi connectivity index (χ4n) is 2.46. The van der Waals surface area contributed by atoms with Gasteiger partial charge in [-0.2, -0.15) is 4.31 Å². The summed E-state index contributed by atoms with van der Waals surface area (Å²) < 4.78 is 37.2. The van der Waals surface area contributed by atoms with Crippen LogP contribution in [0.3, 0.4) is 0 Å². The highest BCUT2D eigenvalue weighted by Gasteiger charge is 2.28.